The molecule has 0 aliphatic carbocycles. The van der Waals surface area contributed by atoms with Gasteiger partial charge in [0.05, 0.1) is 13.7 Å². The lowest BCUT2D eigenvalue weighted by Gasteiger charge is -2.30. The number of hydrogen-bond acceptors (Lipinski definition) is 5. The normalized spacial score (nSPS) is 16.5. The van der Waals surface area contributed by atoms with Crippen LogP contribution in [0.5, 0.6) is 28.7 Å². The summed E-state index contributed by atoms with van der Waals surface area (Å²) in [5, 5.41) is 30.6. The van der Waals surface area contributed by atoms with Gasteiger partial charge in [-0.3, -0.25) is 0 Å². The van der Waals surface area contributed by atoms with E-state index < -0.39 is 5.41 Å². The molecular formula is C21H24O5. The van der Waals surface area contributed by atoms with Gasteiger partial charge in [-0.1, -0.05) is 26.0 Å². The van der Waals surface area contributed by atoms with Gasteiger partial charge in [0.15, 0.2) is 11.5 Å². The minimum atomic E-state index is -0.454. The van der Waals surface area contributed by atoms with E-state index >= 15 is 0 Å². The highest BCUT2D eigenvalue weighted by molar-refractivity contribution is 5.62. The van der Waals surface area contributed by atoms with Crippen LogP contribution in [0.2, 0.25) is 0 Å². The zero-order valence-electron chi connectivity index (χ0n) is 15.2. The fourth-order valence-corrected chi connectivity index (χ4v) is 3.33. The van der Waals surface area contributed by atoms with Crippen molar-refractivity contribution in [3.05, 3.63) is 53.6 Å². The second-order valence-electron chi connectivity index (χ2n) is 7.17. The van der Waals surface area contributed by atoms with Gasteiger partial charge in [0, 0.05) is 28.5 Å². The topological polar surface area (TPSA) is 79.2 Å². The van der Waals surface area contributed by atoms with E-state index in [1.807, 2.05) is 26.0 Å². The summed E-state index contributed by atoms with van der Waals surface area (Å²) in [6.45, 7) is 8.14. The van der Waals surface area contributed by atoms with Crippen LogP contribution in [0.3, 0.4) is 0 Å². The molecule has 3 N–H and O–H groups in total. The van der Waals surface area contributed by atoms with E-state index in [-0.39, 0.29) is 28.9 Å². The summed E-state index contributed by atoms with van der Waals surface area (Å²) in [5.74, 6) is 0.446. The maximum absolute atomic E-state index is 10.6. The number of rotatable bonds is 4. The molecule has 2 aromatic rings. The van der Waals surface area contributed by atoms with Crippen LogP contribution in [0.15, 0.2) is 36.9 Å². The Kier molecular flexibility index (Phi) is 4.48. The summed E-state index contributed by atoms with van der Waals surface area (Å²) in [6, 6.07) is 6.87. The maximum atomic E-state index is 10.6. The number of phenols is 3. The quantitative estimate of drug-likeness (QED) is 0.570. The van der Waals surface area contributed by atoms with Crippen molar-refractivity contribution >= 4 is 0 Å². The molecule has 0 saturated carbocycles. The summed E-state index contributed by atoms with van der Waals surface area (Å²) in [7, 11) is 1.46. The summed E-state index contributed by atoms with van der Waals surface area (Å²) in [4.78, 5) is 0. The first-order chi connectivity index (χ1) is 12.3. The monoisotopic (exact) mass is 356 g/mol. The molecule has 0 spiro atoms. The number of methoxy groups -OCH3 is 1. The molecule has 1 aliphatic rings. The molecule has 0 radical (unpaired) electrons. The highest BCUT2D eigenvalue weighted by Gasteiger charge is 2.31. The predicted molar refractivity (Wildman–Crippen MR) is 99.6 cm³/mol. The molecule has 1 aliphatic heterocycles. The first-order valence-electron chi connectivity index (χ1n) is 8.50. The Morgan fingerprint density at radius 1 is 1.19 bits per heavy atom. The Hall–Kier alpha value is -2.82. The van der Waals surface area contributed by atoms with E-state index in [1.54, 1.807) is 18.2 Å². The average molecular weight is 356 g/mol. The van der Waals surface area contributed by atoms with E-state index in [4.69, 9.17) is 9.47 Å². The van der Waals surface area contributed by atoms with Gasteiger partial charge in [0.1, 0.15) is 11.5 Å². The number of aromatic hydroxyl groups is 3. The highest BCUT2D eigenvalue weighted by Crippen LogP contribution is 2.49. The molecule has 5 nitrogen and oxygen atoms in total. The molecule has 138 valence electrons. The van der Waals surface area contributed by atoms with Crippen molar-refractivity contribution in [1.82, 2.24) is 0 Å². The van der Waals surface area contributed by atoms with E-state index in [1.165, 1.54) is 7.11 Å². The Balaban J connectivity index is 2.08. The van der Waals surface area contributed by atoms with Crippen LogP contribution in [0.25, 0.3) is 0 Å². The largest absolute Gasteiger partial charge is 0.508 e. The third-order valence-electron chi connectivity index (χ3n) is 5.06. The highest BCUT2D eigenvalue weighted by atomic mass is 16.5. The molecule has 0 saturated heterocycles. The molecule has 26 heavy (non-hydrogen) atoms. The number of hydrogen-bond donors (Lipinski definition) is 3. The van der Waals surface area contributed by atoms with E-state index in [2.05, 4.69) is 6.58 Å². The van der Waals surface area contributed by atoms with Crippen molar-refractivity contribution < 1.29 is 24.8 Å². The number of ether oxygens (including phenoxy) is 2. The minimum Gasteiger partial charge on any atom is -0.508 e. The van der Waals surface area contributed by atoms with Gasteiger partial charge in [0.2, 0.25) is 5.75 Å². The smallest absolute Gasteiger partial charge is 0.201 e. The summed E-state index contributed by atoms with van der Waals surface area (Å²) in [6.07, 6.45) is 2.41. The van der Waals surface area contributed by atoms with Crippen LogP contribution < -0.4 is 9.47 Å². The van der Waals surface area contributed by atoms with Crippen molar-refractivity contribution in [3.63, 3.8) is 0 Å². The summed E-state index contributed by atoms with van der Waals surface area (Å²) >= 11 is 0. The second-order valence-corrected chi connectivity index (χ2v) is 7.17. The molecule has 0 bridgehead atoms. The van der Waals surface area contributed by atoms with Gasteiger partial charge >= 0.3 is 0 Å². The lowest BCUT2D eigenvalue weighted by atomic mass is 9.80. The van der Waals surface area contributed by atoms with E-state index in [0.717, 1.165) is 11.1 Å². The fourth-order valence-electron chi connectivity index (χ4n) is 3.33. The lowest BCUT2D eigenvalue weighted by molar-refractivity contribution is 0.256. The maximum Gasteiger partial charge on any atom is 0.201 e. The summed E-state index contributed by atoms with van der Waals surface area (Å²) in [5.41, 5.74) is 1.84. The molecular weight excluding hydrogens is 332 g/mol. The van der Waals surface area contributed by atoms with Gasteiger partial charge < -0.3 is 24.8 Å². The molecule has 1 unspecified atom stereocenters. The number of benzene rings is 2. The van der Waals surface area contributed by atoms with Crippen LogP contribution in [0.1, 0.15) is 36.5 Å². The third kappa shape index (κ3) is 2.94. The fraction of sp³-hybridized carbons (Fsp3) is 0.333. The van der Waals surface area contributed by atoms with Crippen LogP contribution in [-0.2, 0) is 11.8 Å². The molecule has 0 amide bonds. The van der Waals surface area contributed by atoms with Gasteiger partial charge in [-0.25, -0.2) is 0 Å². The van der Waals surface area contributed by atoms with Crippen molar-refractivity contribution in [2.75, 3.05) is 13.7 Å². The van der Waals surface area contributed by atoms with Crippen LogP contribution in [0, 0.1) is 0 Å². The van der Waals surface area contributed by atoms with Gasteiger partial charge in [-0.15, -0.1) is 6.58 Å². The number of allylic oxidation sites excluding steroid dienone is 1. The standard InChI is InChI=1S/C21H24O5/c1-5-21(2,3)16-10-15(18(23)19(24)20(16)25-4)13-8-12-6-7-14(22)9-17(12)26-11-13/h5-7,9-10,13,22-24H,1,8,11H2,2-4H3. The summed E-state index contributed by atoms with van der Waals surface area (Å²) < 4.78 is 11.1. The predicted octanol–water partition coefficient (Wildman–Crippen LogP) is 3.99. The van der Waals surface area contributed by atoms with Crippen molar-refractivity contribution in [2.24, 2.45) is 0 Å². The third-order valence-corrected chi connectivity index (χ3v) is 5.06. The molecule has 2 aromatic carbocycles. The van der Waals surface area contributed by atoms with Crippen LogP contribution >= 0.6 is 0 Å². The Morgan fingerprint density at radius 3 is 2.58 bits per heavy atom. The zero-order chi connectivity index (χ0) is 19.1. The molecule has 0 fully saturated rings. The minimum absolute atomic E-state index is 0.136. The Morgan fingerprint density at radius 2 is 1.92 bits per heavy atom. The molecule has 5 heteroatoms. The molecule has 1 atom stereocenters. The van der Waals surface area contributed by atoms with Gasteiger partial charge in [0.25, 0.3) is 0 Å². The van der Waals surface area contributed by atoms with Crippen molar-refractivity contribution in [1.29, 1.82) is 0 Å². The SMILES string of the molecule is C=CC(C)(C)c1cc(C2COc3cc(O)ccc3C2)c(O)c(O)c1OC. The number of phenolic OH excluding ortho intramolecular Hbond substituents is 3. The van der Waals surface area contributed by atoms with Crippen LogP contribution in [-0.4, -0.2) is 29.0 Å². The average Bonchev–Trinajstić information content (AvgIpc) is 2.63. The zero-order valence-corrected chi connectivity index (χ0v) is 15.2. The number of fused-ring (bicyclic) bond motifs is 1. The van der Waals surface area contributed by atoms with Crippen molar-refractivity contribution in [3.8, 4) is 28.7 Å². The van der Waals surface area contributed by atoms with Gasteiger partial charge in [-0.05, 0) is 24.1 Å². The van der Waals surface area contributed by atoms with Crippen LogP contribution in [0.4, 0.5) is 0 Å². The lowest BCUT2D eigenvalue weighted by Crippen LogP contribution is -2.21. The van der Waals surface area contributed by atoms with Crippen molar-refractivity contribution in [2.45, 2.75) is 31.6 Å². The van der Waals surface area contributed by atoms with E-state index in [0.29, 0.717) is 24.3 Å². The van der Waals surface area contributed by atoms with Gasteiger partial charge in [-0.2, -0.15) is 0 Å². The molecule has 0 aromatic heterocycles. The first kappa shape index (κ1) is 18.0. The Bertz CT molecular complexity index is 854. The molecule has 3 rings (SSSR count). The van der Waals surface area contributed by atoms with E-state index in [9.17, 15) is 15.3 Å². The molecule has 1 heterocycles. The Labute approximate surface area is 153 Å². The second kappa shape index (κ2) is 6.48. The first-order valence-corrected chi connectivity index (χ1v) is 8.50.